The standard InChI is InChI=1S/C15H22N2O4/c18-13-5-4-12-9-16(6-7-17(12)13)14(19)10-2-1-3-11(8-10)15(20)21/h10-12H,1-9H2,(H,20,21). The maximum absolute atomic E-state index is 12.6. The third-order valence-electron chi connectivity index (χ3n) is 5.18. The predicted octanol–water partition coefficient (Wildman–Crippen LogP) is 0.711. The van der Waals surface area contributed by atoms with E-state index in [4.69, 9.17) is 5.11 Å². The molecule has 3 unspecified atom stereocenters. The van der Waals surface area contributed by atoms with E-state index in [-0.39, 0.29) is 29.7 Å². The van der Waals surface area contributed by atoms with Crippen molar-refractivity contribution in [3.05, 3.63) is 0 Å². The van der Waals surface area contributed by atoms with Crippen LogP contribution in [0.5, 0.6) is 0 Å². The van der Waals surface area contributed by atoms with Crippen LogP contribution < -0.4 is 0 Å². The maximum atomic E-state index is 12.6. The number of fused-ring (bicyclic) bond motifs is 1. The van der Waals surface area contributed by atoms with Gasteiger partial charge in [-0.15, -0.1) is 0 Å². The van der Waals surface area contributed by atoms with Crippen LogP contribution in [0.2, 0.25) is 0 Å². The van der Waals surface area contributed by atoms with Gasteiger partial charge in [0.2, 0.25) is 11.8 Å². The van der Waals surface area contributed by atoms with Crippen molar-refractivity contribution in [2.75, 3.05) is 19.6 Å². The summed E-state index contributed by atoms with van der Waals surface area (Å²) in [5.74, 6) is -1.00. The van der Waals surface area contributed by atoms with Crippen LogP contribution in [0.15, 0.2) is 0 Å². The molecule has 3 fully saturated rings. The summed E-state index contributed by atoms with van der Waals surface area (Å²) in [7, 11) is 0. The predicted molar refractivity (Wildman–Crippen MR) is 74.4 cm³/mol. The molecule has 0 aromatic carbocycles. The van der Waals surface area contributed by atoms with Gasteiger partial charge in [-0.25, -0.2) is 0 Å². The van der Waals surface area contributed by atoms with E-state index in [0.717, 1.165) is 19.3 Å². The maximum Gasteiger partial charge on any atom is 0.306 e. The number of hydrogen-bond acceptors (Lipinski definition) is 3. The van der Waals surface area contributed by atoms with Gasteiger partial charge in [0.15, 0.2) is 0 Å². The monoisotopic (exact) mass is 294 g/mol. The minimum Gasteiger partial charge on any atom is -0.481 e. The van der Waals surface area contributed by atoms with Crippen molar-refractivity contribution in [2.45, 2.75) is 44.6 Å². The van der Waals surface area contributed by atoms with Gasteiger partial charge in [-0.1, -0.05) is 6.42 Å². The lowest BCUT2D eigenvalue weighted by Crippen LogP contribution is -2.54. The highest BCUT2D eigenvalue weighted by Gasteiger charge is 2.39. The highest BCUT2D eigenvalue weighted by Crippen LogP contribution is 2.32. The lowest BCUT2D eigenvalue weighted by atomic mass is 9.80. The van der Waals surface area contributed by atoms with Crippen LogP contribution in [-0.4, -0.2) is 58.4 Å². The molecule has 3 aliphatic rings. The summed E-state index contributed by atoms with van der Waals surface area (Å²) in [4.78, 5) is 39.1. The molecule has 116 valence electrons. The Morgan fingerprint density at radius 2 is 1.86 bits per heavy atom. The Kier molecular flexibility index (Phi) is 3.87. The van der Waals surface area contributed by atoms with Gasteiger partial charge >= 0.3 is 5.97 Å². The van der Waals surface area contributed by atoms with Gasteiger partial charge in [0.25, 0.3) is 0 Å². The van der Waals surface area contributed by atoms with Gasteiger partial charge < -0.3 is 14.9 Å². The van der Waals surface area contributed by atoms with Gasteiger partial charge in [0.1, 0.15) is 0 Å². The zero-order valence-corrected chi connectivity index (χ0v) is 12.2. The third-order valence-corrected chi connectivity index (χ3v) is 5.18. The molecule has 2 saturated heterocycles. The number of rotatable bonds is 2. The van der Waals surface area contributed by atoms with E-state index in [9.17, 15) is 14.4 Å². The third kappa shape index (κ3) is 2.76. The Labute approximate surface area is 124 Å². The number of carbonyl (C=O) groups is 3. The van der Waals surface area contributed by atoms with E-state index in [0.29, 0.717) is 38.9 Å². The quantitative estimate of drug-likeness (QED) is 0.813. The fourth-order valence-corrected chi connectivity index (χ4v) is 3.96. The number of nitrogens with zero attached hydrogens (tertiary/aromatic N) is 2. The molecular weight excluding hydrogens is 272 g/mol. The van der Waals surface area contributed by atoms with Crippen molar-refractivity contribution >= 4 is 17.8 Å². The number of amides is 2. The summed E-state index contributed by atoms with van der Waals surface area (Å²) >= 11 is 0. The Hall–Kier alpha value is -1.59. The number of carboxylic acids is 1. The highest BCUT2D eigenvalue weighted by molar-refractivity contribution is 5.82. The largest absolute Gasteiger partial charge is 0.481 e. The summed E-state index contributed by atoms with van der Waals surface area (Å²) in [5, 5.41) is 9.13. The molecule has 0 radical (unpaired) electrons. The van der Waals surface area contributed by atoms with Gasteiger partial charge in [0, 0.05) is 38.0 Å². The number of carbonyl (C=O) groups excluding carboxylic acids is 2. The lowest BCUT2D eigenvalue weighted by Gasteiger charge is -2.40. The van der Waals surface area contributed by atoms with Crippen molar-refractivity contribution in [1.82, 2.24) is 9.80 Å². The second kappa shape index (κ2) is 5.66. The van der Waals surface area contributed by atoms with Crippen molar-refractivity contribution < 1.29 is 19.5 Å². The molecule has 3 atom stereocenters. The lowest BCUT2D eigenvalue weighted by molar-refractivity contribution is -0.147. The van der Waals surface area contributed by atoms with Gasteiger partial charge in [-0.05, 0) is 25.7 Å². The first kappa shape index (κ1) is 14.4. The molecule has 1 N–H and O–H groups in total. The van der Waals surface area contributed by atoms with E-state index < -0.39 is 5.97 Å². The van der Waals surface area contributed by atoms with Crippen molar-refractivity contribution in [2.24, 2.45) is 11.8 Å². The van der Waals surface area contributed by atoms with Crippen LogP contribution in [0, 0.1) is 11.8 Å². The SMILES string of the molecule is O=C(O)C1CCCC(C(=O)N2CCN3C(=O)CCC3C2)C1. The van der Waals surface area contributed by atoms with E-state index >= 15 is 0 Å². The van der Waals surface area contributed by atoms with E-state index in [1.165, 1.54) is 0 Å². The summed E-state index contributed by atoms with van der Waals surface area (Å²) in [6, 6.07) is 0.175. The molecule has 6 nitrogen and oxygen atoms in total. The Morgan fingerprint density at radius 3 is 2.62 bits per heavy atom. The zero-order valence-electron chi connectivity index (χ0n) is 12.2. The van der Waals surface area contributed by atoms with Crippen LogP contribution >= 0.6 is 0 Å². The molecule has 0 bridgehead atoms. The molecule has 2 aliphatic heterocycles. The summed E-state index contributed by atoms with van der Waals surface area (Å²) in [5.41, 5.74) is 0. The summed E-state index contributed by atoms with van der Waals surface area (Å²) in [6.45, 7) is 1.85. The number of piperazine rings is 1. The molecule has 2 amide bonds. The van der Waals surface area contributed by atoms with Crippen LogP contribution in [-0.2, 0) is 14.4 Å². The molecule has 1 aliphatic carbocycles. The fraction of sp³-hybridized carbons (Fsp3) is 0.800. The average Bonchev–Trinajstić information content (AvgIpc) is 2.87. The summed E-state index contributed by atoms with van der Waals surface area (Å²) in [6.07, 6.45) is 4.20. The van der Waals surface area contributed by atoms with Gasteiger partial charge in [-0.2, -0.15) is 0 Å². The molecule has 0 spiro atoms. The smallest absolute Gasteiger partial charge is 0.306 e. The Morgan fingerprint density at radius 1 is 1.10 bits per heavy atom. The molecular formula is C15H22N2O4. The number of carboxylic acid groups (broad SMARTS) is 1. The van der Waals surface area contributed by atoms with Crippen LogP contribution in [0.1, 0.15) is 38.5 Å². The van der Waals surface area contributed by atoms with Crippen molar-refractivity contribution in [3.63, 3.8) is 0 Å². The first-order valence-electron chi connectivity index (χ1n) is 7.87. The number of hydrogen-bond donors (Lipinski definition) is 1. The van der Waals surface area contributed by atoms with Crippen LogP contribution in [0.3, 0.4) is 0 Å². The van der Waals surface area contributed by atoms with Gasteiger partial charge in [-0.3, -0.25) is 14.4 Å². The second-order valence-electron chi connectivity index (χ2n) is 6.46. The average molecular weight is 294 g/mol. The molecule has 0 aromatic heterocycles. The number of aliphatic carboxylic acids is 1. The molecule has 2 heterocycles. The molecule has 3 rings (SSSR count). The Bertz CT molecular complexity index is 465. The van der Waals surface area contributed by atoms with Crippen LogP contribution in [0.25, 0.3) is 0 Å². The topological polar surface area (TPSA) is 77.9 Å². The van der Waals surface area contributed by atoms with E-state index in [1.807, 2.05) is 9.80 Å². The second-order valence-corrected chi connectivity index (χ2v) is 6.46. The minimum absolute atomic E-state index is 0.0972. The highest BCUT2D eigenvalue weighted by atomic mass is 16.4. The molecule has 1 saturated carbocycles. The zero-order chi connectivity index (χ0) is 15.0. The Balaban J connectivity index is 1.60. The molecule has 6 heteroatoms. The van der Waals surface area contributed by atoms with E-state index in [1.54, 1.807) is 0 Å². The normalized spacial score (nSPS) is 33.0. The summed E-state index contributed by atoms with van der Waals surface area (Å²) < 4.78 is 0. The first-order valence-corrected chi connectivity index (χ1v) is 7.87. The van der Waals surface area contributed by atoms with Crippen LogP contribution in [0.4, 0.5) is 0 Å². The molecule has 0 aromatic rings. The first-order chi connectivity index (χ1) is 10.1. The fourth-order valence-electron chi connectivity index (χ4n) is 3.96. The van der Waals surface area contributed by atoms with Crippen molar-refractivity contribution in [3.8, 4) is 0 Å². The minimum atomic E-state index is -0.779. The van der Waals surface area contributed by atoms with Gasteiger partial charge in [0.05, 0.1) is 5.92 Å². The van der Waals surface area contributed by atoms with Crippen molar-refractivity contribution in [1.29, 1.82) is 0 Å². The molecule has 21 heavy (non-hydrogen) atoms. The van der Waals surface area contributed by atoms with E-state index in [2.05, 4.69) is 0 Å².